The summed E-state index contributed by atoms with van der Waals surface area (Å²) in [6.45, 7) is 1.98. The minimum atomic E-state index is -1.14. The smallest absolute Gasteiger partial charge is 0.326 e. The molecule has 9 nitrogen and oxygen atoms in total. The van der Waals surface area contributed by atoms with Gasteiger partial charge in [0.25, 0.3) is 5.91 Å². The number of imide groups is 1. The molecule has 1 aliphatic heterocycles. The van der Waals surface area contributed by atoms with E-state index < -0.39 is 23.6 Å². The number of urea groups is 2. The van der Waals surface area contributed by atoms with Gasteiger partial charge in [0.05, 0.1) is 0 Å². The van der Waals surface area contributed by atoms with Gasteiger partial charge < -0.3 is 21.7 Å². The van der Waals surface area contributed by atoms with Crippen molar-refractivity contribution in [1.29, 1.82) is 0 Å². The molecule has 2 fully saturated rings. The number of carbonyl (C=O) groups is 4. The Labute approximate surface area is 209 Å². The van der Waals surface area contributed by atoms with Gasteiger partial charge in [-0.05, 0) is 67.3 Å². The van der Waals surface area contributed by atoms with Gasteiger partial charge in [0.2, 0.25) is 5.91 Å². The number of primary amides is 1. The monoisotopic (exact) mass is 489 g/mol. The van der Waals surface area contributed by atoms with Crippen LogP contribution in [-0.4, -0.2) is 40.9 Å². The zero-order valence-corrected chi connectivity index (χ0v) is 20.3. The summed E-state index contributed by atoms with van der Waals surface area (Å²) < 4.78 is 0. The maximum atomic E-state index is 13.9. The lowest BCUT2D eigenvalue weighted by Crippen LogP contribution is -2.54. The van der Waals surface area contributed by atoms with Crippen LogP contribution in [0.3, 0.4) is 0 Å². The van der Waals surface area contributed by atoms with E-state index in [1.807, 2.05) is 31.2 Å². The fourth-order valence-corrected chi connectivity index (χ4v) is 5.61. The van der Waals surface area contributed by atoms with E-state index in [4.69, 9.17) is 5.73 Å². The number of amides is 6. The Balaban J connectivity index is 1.44. The van der Waals surface area contributed by atoms with Crippen molar-refractivity contribution in [1.82, 2.24) is 15.5 Å². The van der Waals surface area contributed by atoms with E-state index in [2.05, 4.69) is 16.0 Å². The Morgan fingerprint density at radius 3 is 2.53 bits per heavy atom. The predicted molar refractivity (Wildman–Crippen MR) is 134 cm³/mol. The molecule has 9 heteroatoms. The van der Waals surface area contributed by atoms with Crippen molar-refractivity contribution in [3.63, 3.8) is 0 Å². The second kappa shape index (κ2) is 9.29. The molecule has 3 aliphatic rings. The highest BCUT2D eigenvalue weighted by molar-refractivity contribution is 6.10. The van der Waals surface area contributed by atoms with Crippen molar-refractivity contribution in [2.45, 2.75) is 63.1 Å². The van der Waals surface area contributed by atoms with Crippen LogP contribution in [0.2, 0.25) is 0 Å². The molecule has 3 atom stereocenters. The van der Waals surface area contributed by atoms with Crippen LogP contribution in [0.1, 0.15) is 49.3 Å². The molecule has 1 saturated heterocycles. The second-order valence-corrected chi connectivity index (χ2v) is 10.1. The van der Waals surface area contributed by atoms with Gasteiger partial charge in [-0.25, -0.2) is 14.5 Å². The molecule has 0 bridgehead atoms. The molecule has 1 spiro atoms. The Kier molecular flexibility index (Phi) is 6.15. The summed E-state index contributed by atoms with van der Waals surface area (Å²) >= 11 is 0. The summed E-state index contributed by atoms with van der Waals surface area (Å²) in [4.78, 5) is 53.0. The van der Waals surface area contributed by atoms with Gasteiger partial charge in [-0.3, -0.25) is 9.59 Å². The molecule has 2 aromatic carbocycles. The van der Waals surface area contributed by atoms with Crippen molar-refractivity contribution in [3.8, 4) is 0 Å². The van der Waals surface area contributed by atoms with Gasteiger partial charge in [0.1, 0.15) is 11.6 Å². The standard InChI is InChI=1S/C27H31N5O4/c1-16(18-6-4-7-18)29-23(33)22(15-17-9-11-20(12-10-17)30-25(28)35)32-24(34)27(31-26(32)36)14-13-19-5-2-3-8-21(19)27/h2-3,5,8-12,16,18,22H,4,6-7,13-15H2,1H3,(H,29,33)(H,31,36)(H3,28,30,35)/t16-,22?,27?/m0/s1. The summed E-state index contributed by atoms with van der Waals surface area (Å²) in [6.07, 6.45) is 4.56. The SMILES string of the molecule is C[C@H](NC(=O)C(Cc1ccc(NC(N)=O)cc1)N1C(=O)NC2(CCc3ccccc32)C1=O)C1CCC1. The third-order valence-corrected chi connectivity index (χ3v) is 7.86. The number of fused-ring (bicyclic) bond motifs is 2. The quantitative estimate of drug-likeness (QED) is 0.445. The van der Waals surface area contributed by atoms with Crippen LogP contribution in [0.5, 0.6) is 0 Å². The van der Waals surface area contributed by atoms with Gasteiger partial charge >= 0.3 is 12.1 Å². The van der Waals surface area contributed by atoms with Crippen LogP contribution in [0.15, 0.2) is 48.5 Å². The summed E-state index contributed by atoms with van der Waals surface area (Å²) in [6, 6.07) is 12.2. The number of aryl methyl sites for hydroxylation is 1. The Morgan fingerprint density at radius 1 is 1.14 bits per heavy atom. The fourth-order valence-electron chi connectivity index (χ4n) is 5.61. The average molecular weight is 490 g/mol. The maximum Gasteiger partial charge on any atom is 0.326 e. The largest absolute Gasteiger partial charge is 0.352 e. The number of nitrogens with zero attached hydrogens (tertiary/aromatic N) is 1. The summed E-state index contributed by atoms with van der Waals surface area (Å²) in [5.74, 6) is -0.327. The molecule has 5 N–H and O–H groups in total. The van der Waals surface area contributed by atoms with Crippen molar-refractivity contribution in [2.75, 3.05) is 5.32 Å². The second-order valence-electron chi connectivity index (χ2n) is 10.1. The predicted octanol–water partition coefficient (Wildman–Crippen LogP) is 2.79. The lowest BCUT2D eigenvalue weighted by Gasteiger charge is -2.34. The number of hydrogen-bond acceptors (Lipinski definition) is 4. The molecular weight excluding hydrogens is 458 g/mol. The summed E-state index contributed by atoms with van der Waals surface area (Å²) in [5, 5.41) is 8.50. The highest BCUT2D eigenvalue weighted by Crippen LogP contribution is 2.42. The van der Waals surface area contributed by atoms with Gasteiger partial charge in [0, 0.05) is 18.2 Å². The van der Waals surface area contributed by atoms with Crippen LogP contribution in [0.4, 0.5) is 15.3 Å². The van der Waals surface area contributed by atoms with Crippen LogP contribution in [0, 0.1) is 5.92 Å². The number of nitrogens with one attached hydrogen (secondary N) is 3. The number of carbonyl (C=O) groups excluding carboxylic acids is 4. The number of anilines is 1. The molecule has 2 aliphatic carbocycles. The average Bonchev–Trinajstić information content (AvgIpc) is 3.29. The van der Waals surface area contributed by atoms with E-state index in [9.17, 15) is 19.2 Å². The first kappa shape index (κ1) is 23.8. The van der Waals surface area contributed by atoms with E-state index in [1.54, 1.807) is 24.3 Å². The first-order valence-electron chi connectivity index (χ1n) is 12.5. The van der Waals surface area contributed by atoms with Gasteiger partial charge in [-0.15, -0.1) is 0 Å². The van der Waals surface area contributed by atoms with Crippen molar-refractivity contribution in [2.24, 2.45) is 11.7 Å². The Morgan fingerprint density at radius 2 is 1.86 bits per heavy atom. The van der Waals surface area contributed by atoms with E-state index >= 15 is 0 Å². The zero-order chi connectivity index (χ0) is 25.4. The van der Waals surface area contributed by atoms with Crippen molar-refractivity contribution in [3.05, 3.63) is 65.2 Å². The number of rotatable bonds is 7. The number of hydrogen-bond donors (Lipinski definition) is 4. The minimum Gasteiger partial charge on any atom is -0.352 e. The van der Waals surface area contributed by atoms with Crippen LogP contribution in [0.25, 0.3) is 0 Å². The fraction of sp³-hybridized carbons (Fsp3) is 0.407. The molecule has 6 amide bonds. The lowest BCUT2D eigenvalue weighted by molar-refractivity contribution is -0.139. The normalized spacial score (nSPS) is 22.5. The van der Waals surface area contributed by atoms with E-state index in [1.165, 1.54) is 0 Å². The van der Waals surface area contributed by atoms with E-state index in [0.29, 0.717) is 24.4 Å². The first-order valence-corrected chi connectivity index (χ1v) is 12.5. The van der Waals surface area contributed by atoms with Crippen molar-refractivity contribution < 1.29 is 19.2 Å². The Hall–Kier alpha value is -3.88. The van der Waals surface area contributed by atoms with E-state index in [-0.39, 0.29) is 24.3 Å². The zero-order valence-electron chi connectivity index (χ0n) is 20.3. The topological polar surface area (TPSA) is 134 Å². The number of nitrogens with two attached hydrogens (primary N) is 1. The van der Waals surface area contributed by atoms with Gasteiger partial charge in [-0.1, -0.05) is 42.8 Å². The van der Waals surface area contributed by atoms with Crippen LogP contribution in [-0.2, 0) is 28.0 Å². The molecule has 1 saturated carbocycles. The molecule has 0 aromatic heterocycles. The first-order chi connectivity index (χ1) is 17.3. The molecule has 2 unspecified atom stereocenters. The van der Waals surface area contributed by atoms with Crippen LogP contribution >= 0.6 is 0 Å². The number of benzene rings is 2. The van der Waals surface area contributed by atoms with Gasteiger partial charge in [-0.2, -0.15) is 0 Å². The molecule has 5 rings (SSSR count). The molecule has 36 heavy (non-hydrogen) atoms. The summed E-state index contributed by atoms with van der Waals surface area (Å²) in [7, 11) is 0. The Bertz CT molecular complexity index is 1210. The van der Waals surface area contributed by atoms with E-state index in [0.717, 1.165) is 40.9 Å². The molecular formula is C27H31N5O4. The molecule has 2 aromatic rings. The third kappa shape index (κ3) is 4.19. The van der Waals surface area contributed by atoms with Crippen molar-refractivity contribution >= 4 is 29.6 Å². The maximum absolute atomic E-state index is 13.9. The van der Waals surface area contributed by atoms with Gasteiger partial charge in [0.15, 0.2) is 0 Å². The highest BCUT2D eigenvalue weighted by atomic mass is 16.2. The molecule has 1 heterocycles. The minimum absolute atomic E-state index is 0.0437. The van der Waals surface area contributed by atoms with Crippen LogP contribution < -0.4 is 21.7 Å². The summed E-state index contributed by atoms with van der Waals surface area (Å²) in [5.41, 5.74) is 7.14. The molecule has 188 valence electrons. The lowest BCUT2D eigenvalue weighted by atomic mass is 9.80. The molecule has 0 radical (unpaired) electrons. The third-order valence-electron chi connectivity index (χ3n) is 7.86. The highest BCUT2D eigenvalue weighted by Gasteiger charge is 2.57.